The normalized spacial score (nSPS) is 10.5. The lowest BCUT2D eigenvalue weighted by Gasteiger charge is -2.10. The van der Waals surface area contributed by atoms with E-state index in [1.54, 1.807) is 11.8 Å². The molecule has 90 valence electrons. The van der Waals surface area contributed by atoms with Gasteiger partial charge in [0.15, 0.2) is 0 Å². The van der Waals surface area contributed by atoms with Crippen molar-refractivity contribution in [3.05, 3.63) is 41.7 Å². The van der Waals surface area contributed by atoms with Crippen LogP contribution < -0.4 is 5.32 Å². The van der Waals surface area contributed by atoms with Crippen LogP contribution in [-0.2, 0) is 13.6 Å². The molecular formula is C13H17N3S. The van der Waals surface area contributed by atoms with Gasteiger partial charge < -0.3 is 5.32 Å². The number of aromatic nitrogens is 2. The smallest absolute Gasteiger partial charge is 0.0597 e. The van der Waals surface area contributed by atoms with Crippen LogP contribution in [0.1, 0.15) is 11.4 Å². The standard InChI is InChI=1S/C13H17N3S/c1-10-8-11(16(2)15-10)9-14-12-6-4-5-7-13(12)17-3/h4-8,14H,9H2,1-3H3. The quantitative estimate of drug-likeness (QED) is 0.842. The van der Waals surface area contributed by atoms with Crippen molar-refractivity contribution in [2.45, 2.75) is 18.4 Å². The van der Waals surface area contributed by atoms with Gasteiger partial charge in [0.1, 0.15) is 0 Å². The van der Waals surface area contributed by atoms with Gasteiger partial charge in [0.05, 0.1) is 17.9 Å². The van der Waals surface area contributed by atoms with Crippen LogP contribution in [0.2, 0.25) is 0 Å². The van der Waals surface area contributed by atoms with Crippen LogP contribution in [0.25, 0.3) is 0 Å². The molecule has 1 aromatic carbocycles. The molecule has 0 atom stereocenters. The topological polar surface area (TPSA) is 29.9 Å². The lowest BCUT2D eigenvalue weighted by molar-refractivity contribution is 0.713. The van der Waals surface area contributed by atoms with Gasteiger partial charge in [-0.1, -0.05) is 12.1 Å². The second-order valence-electron chi connectivity index (χ2n) is 3.95. The molecular weight excluding hydrogens is 230 g/mol. The summed E-state index contributed by atoms with van der Waals surface area (Å²) >= 11 is 1.76. The molecule has 0 radical (unpaired) electrons. The maximum absolute atomic E-state index is 4.34. The van der Waals surface area contributed by atoms with E-state index in [-0.39, 0.29) is 0 Å². The second kappa shape index (κ2) is 5.27. The molecule has 0 amide bonds. The number of nitrogens with zero attached hydrogens (tertiary/aromatic N) is 2. The molecule has 0 aliphatic carbocycles. The van der Waals surface area contributed by atoms with E-state index < -0.39 is 0 Å². The molecule has 0 bridgehead atoms. The van der Waals surface area contributed by atoms with Crippen molar-refractivity contribution >= 4 is 17.4 Å². The maximum Gasteiger partial charge on any atom is 0.0597 e. The number of rotatable bonds is 4. The van der Waals surface area contributed by atoms with Crippen LogP contribution in [-0.4, -0.2) is 16.0 Å². The van der Waals surface area contributed by atoms with E-state index in [9.17, 15) is 0 Å². The molecule has 2 rings (SSSR count). The zero-order chi connectivity index (χ0) is 12.3. The first-order valence-electron chi connectivity index (χ1n) is 5.57. The molecule has 3 nitrogen and oxygen atoms in total. The third kappa shape index (κ3) is 2.82. The van der Waals surface area contributed by atoms with E-state index in [2.05, 4.69) is 47.0 Å². The van der Waals surface area contributed by atoms with Crippen LogP contribution in [0.15, 0.2) is 35.2 Å². The number of benzene rings is 1. The van der Waals surface area contributed by atoms with Gasteiger partial charge in [0.25, 0.3) is 0 Å². The average Bonchev–Trinajstić information content (AvgIpc) is 2.65. The van der Waals surface area contributed by atoms with Crippen molar-refractivity contribution in [1.82, 2.24) is 9.78 Å². The SMILES string of the molecule is CSc1ccccc1NCc1cc(C)nn1C. The van der Waals surface area contributed by atoms with Gasteiger partial charge in [0, 0.05) is 17.6 Å². The molecule has 0 aliphatic rings. The lowest BCUT2D eigenvalue weighted by atomic mass is 10.3. The van der Waals surface area contributed by atoms with Gasteiger partial charge in [-0.05, 0) is 31.4 Å². The van der Waals surface area contributed by atoms with Gasteiger partial charge >= 0.3 is 0 Å². The first-order chi connectivity index (χ1) is 8.20. The average molecular weight is 247 g/mol. The highest BCUT2D eigenvalue weighted by Gasteiger charge is 2.03. The molecule has 0 saturated carbocycles. The summed E-state index contributed by atoms with van der Waals surface area (Å²) in [5.41, 5.74) is 3.43. The van der Waals surface area contributed by atoms with E-state index >= 15 is 0 Å². The van der Waals surface area contributed by atoms with Gasteiger partial charge in [-0.3, -0.25) is 4.68 Å². The minimum Gasteiger partial charge on any atom is -0.378 e. The molecule has 1 N–H and O–H groups in total. The Kier molecular flexibility index (Phi) is 3.74. The van der Waals surface area contributed by atoms with Crippen LogP contribution in [0.4, 0.5) is 5.69 Å². The number of hydrogen-bond donors (Lipinski definition) is 1. The molecule has 17 heavy (non-hydrogen) atoms. The van der Waals surface area contributed by atoms with Crippen molar-refractivity contribution in [3.8, 4) is 0 Å². The Hall–Kier alpha value is -1.42. The Morgan fingerprint density at radius 1 is 1.35 bits per heavy atom. The van der Waals surface area contributed by atoms with E-state index in [4.69, 9.17) is 0 Å². The van der Waals surface area contributed by atoms with Crippen molar-refractivity contribution in [2.24, 2.45) is 7.05 Å². The van der Waals surface area contributed by atoms with Crippen LogP contribution in [0.5, 0.6) is 0 Å². The van der Waals surface area contributed by atoms with Crippen molar-refractivity contribution in [1.29, 1.82) is 0 Å². The fourth-order valence-electron chi connectivity index (χ4n) is 1.81. The van der Waals surface area contributed by atoms with E-state index in [0.29, 0.717) is 0 Å². The molecule has 0 saturated heterocycles. The number of para-hydroxylation sites is 1. The Labute approximate surface area is 106 Å². The maximum atomic E-state index is 4.34. The summed E-state index contributed by atoms with van der Waals surface area (Å²) in [5, 5.41) is 7.79. The molecule has 0 unspecified atom stereocenters. The first kappa shape index (κ1) is 12.0. The minimum absolute atomic E-state index is 0.801. The number of aryl methyl sites for hydroxylation is 2. The fraction of sp³-hybridized carbons (Fsp3) is 0.308. The molecule has 1 heterocycles. The zero-order valence-corrected chi connectivity index (χ0v) is 11.2. The predicted octanol–water partition coefficient (Wildman–Crippen LogP) is 3.06. The number of nitrogens with one attached hydrogen (secondary N) is 1. The third-order valence-electron chi connectivity index (χ3n) is 2.67. The Balaban J connectivity index is 2.09. The third-order valence-corrected chi connectivity index (χ3v) is 3.46. The summed E-state index contributed by atoms with van der Waals surface area (Å²) in [4.78, 5) is 1.27. The van der Waals surface area contributed by atoms with Crippen LogP contribution in [0, 0.1) is 6.92 Å². The summed E-state index contributed by atoms with van der Waals surface area (Å²) in [6.07, 6.45) is 2.09. The predicted molar refractivity (Wildman–Crippen MR) is 73.5 cm³/mol. The zero-order valence-electron chi connectivity index (χ0n) is 10.4. The van der Waals surface area contributed by atoms with Gasteiger partial charge in [-0.25, -0.2) is 0 Å². The Bertz CT molecular complexity index is 505. The summed E-state index contributed by atoms with van der Waals surface area (Å²) in [6.45, 7) is 2.81. The molecule has 0 spiro atoms. The van der Waals surface area contributed by atoms with Crippen molar-refractivity contribution in [3.63, 3.8) is 0 Å². The molecule has 4 heteroatoms. The highest BCUT2D eigenvalue weighted by molar-refractivity contribution is 7.98. The Morgan fingerprint density at radius 3 is 2.76 bits per heavy atom. The number of anilines is 1. The van der Waals surface area contributed by atoms with Gasteiger partial charge in [-0.2, -0.15) is 5.10 Å². The molecule has 0 aliphatic heterocycles. The van der Waals surface area contributed by atoms with E-state index in [0.717, 1.165) is 12.2 Å². The van der Waals surface area contributed by atoms with Crippen molar-refractivity contribution in [2.75, 3.05) is 11.6 Å². The fourth-order valence-corrected chi connectivity index (χ4v) is 2.38. The van der Waals surface area contributed by atoms with Gasteiger partial charge in [0.2, 0.25) is 0 Å². The largest absolute Gasteiger partial charge is 0.378 e. The number of hydrogen-bond acceptors (Lipinski definition) is 3. The molecule has 0 fully saturated rings. The van der Waals surface area contributed by atoms with Crippen molar-refractivity contribution < 1.29 is 0 Å². The summed E-state index contributed by atoms with van der Waals surface area (Å²) in [5.74, 6) is 0. The Morgan fingerprint density at radius 2 is 2.12 bits per heavy atom. The molecule has 2 aromatic rings. The van der Waals surface area contributed by atoms with Crippen LogP contribution in [0.3, 0.4) is 0 Å². The van der Waals surface area contributed by atoms with Gasteiger partial charge in [-0.15, -0.1) is 11.8 Å². The first-order valence-corrected chi connectivity index (χ1v) is 6.79. The lowest BCUT2D eigenvalue weighted by Crippen LogP contribution is -2.05. The monoisotopic (exact) mass is 247 g/mol. The van der Waals surface area contributed by atoms with E-state index in [1.165, 1.54) is 16.3 Å². The summed E-state index contributed by atoms with van der Waals surface area (Å²) in [6, 6.07) is 10.5. The van der Waals surface area contributed by atoms with Crippen LogP contribution >= 0.6 is 11.8 Å². The number of thioether (sulfide) groups is 1. The summed E-state index contributed by atoms with van der Waals surface area (Å²) in [7, 11) is 1.98. The summed E-state index contributed by atoms with van der Waals surface area (Å²) < 4.78 is 1.92. The second-order valence-corrected chi connectivity index (χ2v) is 4.80. The molecule has 1 aromatic heterocycles. The highest BCUT2D eigenvalue weighted by atomic mass is 32.2. The highest BCUT2D eigenvalue weighted by Crippen LogP contribution is 2.24. The minimum atomic E-state index is 0.801. The van der Waals surface area contributed by atoms with E-state index in [1.807, 2.05) is 18.7 Å².